The van der Waals surface area contributed by atoms with E-state index in [2.05, 4.69) is 4.72 Å². The summed E-state index contributed by atoms with van der Waals surface area (Å²) in [7, 11) is -1.38. The van der Waals surface area contributed by atoms with Gasteiger partial charge in [-0.3, -0.25) is 0 Å². The maximum Gasteiger partial charge on any atom is 0.240 e. The van der Waals surface area contributed by atoms with Gasteiger partial charge in [-0.1, -0.05) is 18.2 Å². The van der Waals surface area contributed by atoms with Crippen molar-refractivity contribution in [2.24, 2.45) is 0 Å². The third-order valence-corrected chi connectivity index (χ3v) is 5.33. The molecule has 0 aliphatic rings. The Morgan fingerprint density at radius 2 is 1.76 bits per heavy atom. The minimum atomic E-state index is -4.02. The smallest absolute Gasteiger partial charge is 0.240 e. The minimum absolute atomic E-state index is 0.0629. The molecule has 0 unspecified atom stereocenters. The SMILES string of the molecule is COc1ccc(S(=O)(=O)NC[C@@](C)(OC)c2ccccc2F)cc1F. The molecule has 0 fully saturated rings. The lowest BCUT2D eigenvalue weighted by molar-refractivity contribution is 0.00410. The maximum absolute atomic E-state index is 14.0. The van der Waals surface area contributed by atoms with Crippen LogP contribution in [0.4, 0.5) is 8.78 Å². The van der Waals surface area contributed by atoms with E-state index in [9.17, 15) is 17.2 Å². The molecular weight excluding hydrogens is 352 g/mol. The molecule has 0 aliphatic carbocycles. The summed E-state index contributed by atoms with van der Waals surface area (Å²) in [4.78, 5) is -0.266. The van der Waals surface area contributed by atoms with Crippen LogP contribution in [0.2, 0.25) is 0 Å². The van der Waals surface area contributed by atoms with Crippen molar-refractivity contribution in [2.45, 2.75) is 17.4 Å². The van der Waals surface area contributed by atoms with Crippen LogP contribution < -0.4 is 9.46 Å². The Morgan fingerprint density at radius 3 is 2.32 bits per heavy atom. The molecule has 136 valence electrons. The largest absolute Gasteiger partial charge is 0.494 e. The number of rotatable bonds is 7. The molecule has 0 bridgehead atoms. The first-order chi connectivity index (χ1) is 11.7. The molecule has 1 atom stereocenters. The monoisotopic (exact) mass is 371 g/mol. The van der Waals surface area contributed by atoms with Gasteiger partial charge in [0.15, 0.2) is 11.6 Å². The van der Waals surface area contributed by atoms with Crippen LogP contribution in [-0.4, -0.2) is 29.2 Å². The third-order valence-electron chi connectivity index (χ3n) is 3.93. The molecule has 0 amide bonds. The van der Waals surface area contributed by atoms with E-state index < -0.39 is 27.3 Å². The molecule has 25 heavy (non-hydrogen) atoms. The Balaban J connectivity index is 2.26. The molecular formula is C17H19F2NO4S. The topological polar surface area (TPSA) is 64.6 Å². The van der Waals surface area contributed by atoms with Crippen molar-refractivity contribution in [3.8, 4) is 5.75 Å². The van der Waals surface area contributed by atoms with Gasteiger partial charge in [0.05, 0.1) is 12.0 Å². The number of hydrogen-bond acceptors (Lipinski definition) is 4. The van der Waals surface area contributed by atoms with E-state index in [-0.39, 0.29) is 22.8 Å². The number of benzene rings is 2. The molecule has 0 saturated carbocycles. The second kappa shape index (κ2) is 7.47. The van der Waals surface area contributed by atoms with Gasteiger partial charge in [-0.05, 0) is 31.2 Å². The number of ether oxygens (including phenoxy) is 2. The summed E-state index contributed by atoms with van der Waals surface area (Å²) >= 11 is 0. The molecule has 8 heteroatoms. The first kappa shape index (κ1) is 19.3. The highest BCUT2D eigenvalue weighted by Gasteiger charge is 2.31. The van der Waals surface area contributed by atoms with Gasteiger partial charge in [-0.15, -0.1) is 0 Å². The van der Waals surface area contributed by atoms with Crippen LogP contribution in [-0.2, 0) is 20.4 Å². The predicted octanol–water partition coefficient (Wildman–Crippen LogP) is 2.81. The number of hydrogen-bond donors (Lipinski definition) is 1. The molecule has 2 aromatic carbocycles. The van der Waals surface area contributed by atoms with Crippen LogP contribution in [0, 0.1) is 11.6 Å². The molecule has 5 nitrogen and oxygen atoms in total. The van der Waals surface area contributed by atoms with E-state index in [0.717, 1.165) is 6.07 Å². The van der Waals surface area contributed by atoms with E-state index in [1.807, 2.05) is 0 Å². The van der Waals surface area contributed by atoms with Gasteiger partial charge >= 0.3 is 0 Å². The predicted molar refractivity (Wildman–Crippen MR) is 88.9 cm³/mol. The van der Waals surface area contributed by atoms with Crippen LogP contribution in [0.5, 0.6) is 5.75 Å². The van der Waals surface area contributed by atoms with Crippen LogP contribution in [0.1, 0.15) is 12.5 Å². The lowest BCUT2D eigenvalue weighted by Crippen LogP contribution is -2.40. The Bertz CT molecular complexity index is 857. The highest BCUT2D eigenvalue weighted by Crippen LogP contribution is 2.27. The summed E-state index contributed by atoms with van der Waals surface area (Å²) in [5, 5.41) is 0. The van der Waals surface area contributed by atoms with E-state index in [1.165, 1.54) is 44.6 Å². The molecule has 2 rings (SSSR count). The number of nitrogens with one attached hydrogen (secondary N) is 1. The molecule has 0 heterocycles. The summed E-state index contributed by atoms with van der Waals surface area (Å²) < 4.78 is 65.0. The maximum atomic E-state index is 14.0. The fourth-order valence-corrected chi connectivity index (χ4v) is 3.44. The fourth-order valence-electron chi connectivity index (χ4n) is 2.30. The zero-order chi connectivity index (χ0) is 18.7. The highest BCUT2D eigenvalue weighted by atomic mass is 32.2. The second-order valence-corrected chi connectivity index (χ2v) is 7.30. The molecule has 0 aromatic heterocycles. The Labute approximate surface area is 145 Å². The molecule has 0 spiro atoms. The third kappa shape index (κ3) is 4.15. The minimum Gasteiger partial charge on any atom is -0.494 e. The lowest BCUT2D eigenvalue weighted by Gasteiger charge is -2.29. The second-order valence-electron chi connectivity index (χ2n) is 5.54. The number of halogens is 2. The summed E-state index contributed by atoms with van der Waals surface area (Å²) in [5.74, 6) is -1.37. The first-order valence-electron chi connectivity index (χ1n) is 7.37. The molecule has 0 aliphatic heterocycles. The number of sulfonamides is 1. The van der Waals surface area contributed by atoms with Gasteiger partial charge in [0.2, 0.25) is 10.0 Å². The van der Waals surface area contributed by atoms with Gasteiger partial charge in [0.1, 0.15) is 11.4 Å². The van der Waals surface area contributed by atoms with Crippen molar-refractivity contribution in [1.82, 2.24) is 4.72 Å². The van der Waals surface area contributed by atoms with Crippen LogP contribution >= 0.6 is 0 Å². The van der Waals surface area contributed by atoms with Crippen LogP contribution in [0.3, 0.4) is 0 Å². The molecule has 1 N–H and O–H groups in total. The van der Waals surface area contributed by atoms with Crippen molar-refractivity contribution in [3.05, 3.63) is 59.7 Å². The summed E-state index contributed by atoms with van der Waals surface area (Å²) in [6, 6.07) is 9.23. The average molecular weight is 371 g/mol. The number of methoxy groups -OCH3 is 2. The van der Waals surface area contributed by atoms with Gasteiger partial charge < -0.3 is 9.47 Å². The van der Waals surface area contributed by atoms with Gasteiger partial charge in [-0.25, -0.2) is 21.9 Å². The van der Waals surface area contributed by atoms with Gasteiger partial charge in [0.25, 0.3) is 0 Å². The van der Waals surface area contributed by atoms with Crippen LogP contribution in [0.15, 0.2) is 47.4 Å². The Morgan fingerprint density at radius 1 is 1.08 bits per heavy atom. The lowest BCUT2D eigenvalue weighted by atomic mass is 9.95. The van der Waals surface area contributed by atoms with Crippen molar-refractivity contribution >= 4 is 10.0 Å². The summed E-state index contributed by atoms with van der Waals surface area (Å²) in [5.41, 5.74) is -1.02. The Kier molecular flexibility index (Phi) is 5.76. The van der Waals surface area contributed by atoms with Gasteiger partial charge in [-0.2, -0.15) is 0 Å². The first-order valence-corrected chi connectivity index (χ1v) is 8.85. The average Bonchev–Trinajstić information content (AvgIpc) is 2.60. The quantitative estimate of drug-likeness (QED) is 0.813. The highest BCUT2D eigenvalue weighted by molar-refractivity contribution is 7.89. The standard InChI is InChI=1S/C17H19F2NO4S/c1-17(24-3,13-6-4-5-7-14(13)18)11-20-25(21,22)12-8-9-16(23-2)15(19)10-12/h4-10,20H,11H2,1-3H3/t17-/m1/s1. The van der Waals surface area contributed by atoms with Crippen LogP contribution in [0.25, 0.3) is 0 Å². The summed E-state index contributed by atoms with van der Waals surface area (Å²) in [6.45, 7) is 1.32. The van der Waals surface area contributed by atoms with Crippen molar-refractivity contribution < 1.29 is 26.7 Å². The zero-order valence-electron chi connectivity index (χ0n) is 14.0. The molecule has 2 aromatic rings. The Hall–Kier alpha value is -2.03. The summed E-state index contributed by atoms with van der Waals surface area (Å²) in [6.07, 6.45) is 0. The molecule has 0 saturated heterocycles. The van der Waals surface area contributed by atoms with E-state index >= 15 is 0 Å². The van der Waals surface area contributed by atoms with Crippen molar-refractivity contribution in [2.75, 3.05) is 20.8 Å². The van der Waals surface area contributed by atoms with E-state index in [0.29, 0.717) is 0 Å². The van der Waals surface area contributed by atoms with E-state index in [4.69, 9.17) is 9.47 Å². The van der Waals surface area contributed by atoms with Gasteiger partial charge in [0, 0.05) is 19.2 Å². The normalized spacial score (nSPS) is 14.1. The van der Waals surface area contributed by atoms with Crippen molar-refractivity contribution in [1.29, 1.82) is 0 Å². The zero-order valence-corrected chi connectivity index (χ0v) is 14.9. The van der Waals surface area contributed by atoms with Crippen molar-refractivity contribution in [3.63, 3.8) is 0 Å². The van der Waals surface area contributed by atoms with E-state index in [1.54, 1.807) is 13.0 Å². The fraction of sp³-hybridized carbons (Fsp3) is 0.294. The molecule has 0 radical (unpaired) electrons.